The normalized spacial score (nSPS) is 50.3. The molecule has 4 aliphatic carbocycles. The third kappa shape index (κ3) is 2.93. The lowest BCUT2D eigenvalue weighted by Crippen LogP contribution is -2.63. The van der Waals surface area contributed by atoms with Crippen LogP contribution in [0.3, 0.4) is 0 Å². The second kappa shape index (κ2) is 7.13. The van der Waals surface area contributed by atoms with E-state index in [9.17, 15) is 24.6 Å². The van der Waals surface area contributed by atoms with E-state index in [1.54, 1.807) is 0 Å². The molecule has 4 aliphatic rings. The Labute approximate surface area is 178 Å². The van der Waals surface area contributed by atoms with Crippen molar-refractivity contribution >= 4 is 17.5 Å². The van der Waals surface area contributed by atoms with Gasteiger partial charge in [-0.25, -0.2) is 0 Å². The Bertz CT molecular complexity index is 763. The van der Waals surface area contributed by atoms with Crippen LogP contribution < -0.4 is 0 Å². The fourth-order valence-corrected chi connectivity index (χ4v) is 8.28. The third-order valence-electron chi connectivity index (χ3n) is 9.76. The zero-order chi connectivity index (χ0) is 22.1. The summed E-state index contributed by atoms with van der Waals surface area (Å²) in [6, 6.07) is 0. The zero-order valence-electron chi connectivity index (χ0n) is 18.6. The van der Waals surface area contributed by atoms with E-state index in [0.29, 0.717) is 31.0 Å². The number of hydrogen-bond acceptors (Lipinski definition) is 6. The van der Waals surface area contributed by atoms with Gasteiger partial charge >= 0.3 is 5.97 Å². The number of fused-ring (bicyclic) bond motifs is 5. The molecule has 0 saturated heterocycles. The summed E-state index contributed by atoms with van der Waals surface area (Å²) in [5, 5.41) is 22.9. The summed E-state index contributed by atoms with van der Waals surface area (Å²) in [5.74, 6) is 0.156. The van der Waals surface area contributed by atoms with Gasteiger partial charge in [-0.05, 0) is 67.6 Å². The topological polar surface area (TPSA) is 101 Å². The fourth-order valence-electron chi connectivity index (χ4n) is 8.28. The second-order valence-corrected chi connectivity index (χ2v) is 11.1. The predicted octanol–water partition coefficient (Wildman–Crippen LogP) is 2.68. The number of aliphatic hydroxyl groups is 2. The molecule has 0 radical (unpaired) electrons. The summed E-state index contributed by atoms with van der Waals surface area (Å²) in [4.78, 5) is 36.5. The molecule has 6 nitrogen and oxygen atoms in total. The molecule has 9 unspecified atom stereocenters. The average molecular weight is 421 g/mol. The van der Waals surface area contributed by atoms with E-state index >= 15 is 0 Å². The molecule has 2 N–H and O–H groups in total. The van der Waals surface area contributed by atoms with Crippen molar-refractivity contribution in [2.45, 2.75) is 84.3 Å². The van der Waals surface area contributed by atoms with Crippen LogP contribution in [0.25, 0.3) is 0 Å². The smallest absolute Gasteiger partial charge is 0.303 e. The highest BCUT2D eigenvalue weighted by Crippen LogP contribution is 2.68. The van der Waals surface area contributed by atoms with E-state index in [2.05, 4.69) is 6.92 Å². The van der Waals surface area contributed by atoms with Crippen molar-refractivity contribution in [2.75, 3.05) is 6.61 Å². The fraction of sp³-hybridized carbons (Fsp3) is 0.875. The monoisotopic (exact) mass is 420 g/mol. The summed E-state index contributed by atoms with van der Waals surface area (Å²) in [6.45, 7) is 7.04. The second-order valence-electron chi connectivity index (χ2n) is 11.1. The quantitative estimate of drug-likeness (QED) is 0.681. The van der Waals surface area contributed by atoms with E-state index in [0.717, 1.165) is 25.7 Å². The number of aliphatic hydroxyl groups excluding tert-OH is 1. The molecule has 0 bridgehead atoms. The molecule has 0 amide bonds. The van der Waals surface area contributed by atoms with Gasteiger partial charge in [-0.1, -0.05) is 20.8 Å². The van der Waals surface area contributed by atoms with E-state index in [4.69, 9.17) is 4.74 Å². The maximum absolute atomic E-state index is 12.9. The summed E-state index contributed by atoms with van der Waals surface area (Å²) in [5.41, 5.74) is -2.39. The molecule has 0 heterocycles. The van der Waals surface area contributed by atoms with Gasteiger partial charge in [0.25, 0.3) is 0 Å². The molecule has 30 heavy (non-hydrogen) atoms. The van der Waals surface area contributed by atoms with Crippen LogP contribution in [0.5, 0.6) is 0 Å². The molecule has 4 fully saturated rings. The highest BCUT2D eigenvalue weighted by Gasteiger charge is 2.69. The lowest BCUT2D eigenvalue weighted by molar-refractivity contribution is -0.202. The lowest BCUT2D eigenvalue weighted by Gasteiger charge is -2.62. The van der Waals surface area contributed by atoms with Crippen LogP contribution in [0.4, 0.5) is 0 Å². The van der Waals surface area contributed by atoms with Crippen molar-refractivity contribution in [3.63, 3.8) is 0 Å². The maximum Gasteiger partial charge on any atom is 0.303 e. The Morgan fingerprint density at radius 2 is 1.87 bits per heavy atom. The van der Waals surface area contributed by atoms with Crippen LogP contribution in [0.15, 0.2) is 0 Å². The van der Waals surface area contributed by atoms with E-state index < -0.39 is 35.5 Å². The van der Waals surface area contributed by atoms with Crippen LogP contribution in [0, 0.1) is 40.4 Å². The molecule has 0 aromatic heterocycles. The molecular weight excluding hydrogens is 384 g/mol. The van der Waals surface area contributed by atoms with Gasteiger partial charge in [0.2, 0.25) is 5.78 Å². The molecule has 0 aromatic rings. The molecule has 4 rings (SSSR count). The van der Waals surface area contributed by atoms with Crippen molar-refractivity contribution in [1.82, 2.24) is 0 Å². The Morgan fingerprint density at radius 3 is 2.53 bits per heavy atom. The Kier molecular flexibility index (Phi) is 5.21. The Morgan fingerprint density at radius 1 is 1.17 bits per heavy atom. The van der Waals surface area contributed by atoms with Crippen molar-refractivity contribution < 1.29 is 29.3 Å². The first-order chi connectivity index (χ1) is 13.9. The number of ketones is 2. The summed E-state index contributed by atoms with van der Waals surface area (Å²) in [6.07, 6.45) is 4.16. The molecule has 0 aliphatic heterocycles. The summed E-state index contributed by atoms with van der Waals surface area (Å²) < 4.78 is 4.91. The molecule has 9 atom stereocenters. The first kappa shape index (κ1) is 21.9. The predicted molar refractivity (Wildman–Crippen MR) is 109 cm³/mol. The largest absolute Gasteiger partial charge is 0.458 e. The standard InChI is InChI=1S/C24H36O6/c1-13-10-22(3)15(9-18(13)26)5-6-16-17-7-8-24(29,20(28)12-30-14(2)25)23(17,4)11-19(27)21(16)22/h13,15-17,19,21,27,29H,5-12H2,1-4H3. The van der Waals surface area contributed by atoms with Gasteiger partial charge in [0.05, 0.1) is 6.10 Å². The first-order valence-corrected chi connectivity index (χ1v) is 11.5. The van der Waals surface area contributed by atoms with E-state index in [-0.39, 0.29) is 29.1 Å². The average Bonchev–Trinajstić information content (AvgIpc) is 2.92. The number of carbonyl (C=O) groups excluding carboxylic acids is 3. The maximum atomic E-state index is 12.9. The molecule has 0 aromatic carbocycles. The van der Waals surface area contributed by atoms with Crippen LogP contribution in [0.1, 0.15) is 72.6 Å². The van der Waals surface area contributed by atoms with Crippen LogP contribution >= 0.6 is 0 Å². The van der Waals surface area contributed by atoms with Gasteiger partial charge in [-0.2, -0.15) is 0 Å². The molecule has 4 saturated carbocycles. The summed E-state index contributed by atoms with van der Waals surface area (Å²) >= 11 is 0. The minimum absolute atomic E-state index is 0.0244. The molecule has 6 heteroatoms. The molecule has 0 spiro atoms. The molecule has 168 valence electrons. The van der Waals surface area contributed by atoms with Crippen molar-refractivity contribution in [3.05, 3.63) is 0 Å². The minimum Gasteiger partial charge on any atom is -0.458 e. The number of ether oxygens (including phenoxy) is 1. The van der Waals surface area contributed by atoms with Crippen molar-refractivity contribution in [3.8, 4) is 0 Å². The zero-order valence-corrected chi connectivity index (χ0v) is 18.6. The van der Waals surface area contributed by atoms with Gasteiger partial charge in [0.15, 0.2) is 6.61 Å². The van der Waals surface area contributed by atoms with Gasteiger partial charge < -0.3 is 14.9 Å². The lowest BCUT2D eigenvalue weighted by atomic mass is 9.43. The van der Waals surface area contributed by atoms with Crippen molar-refractivity contribution in [1.29, 1.82) is 0 Å². The number of Topliss-reactive ketones (excluding diaryl/α,β-unsaturated/α-hetero) is 2. The van der Waals surface area contributed by atoms with Gasteiger partial charge in [-0.3, -0.25) is 14.4 Å². The number of esters is 1. The highest BCUT2D eigenvalue weighted by molar-refractivity contribution is 5.91. The van der Waals surface area contributed by atoms with Crippen LogP contribution in [-0.2, 0) is 19.1 Å². The third-order valence-corrected chi connectivity index (χ3v) is 9.76. The summed E-state index contributed by atoms with van der Waals surface area (Å²) in [7, 11) is 0. The highest BCUT2D eigenvalue weighted by atomic mass is 16.5. The Balaban J connectivity index is 1.64. The first-order valence-electron chi connectivity index (χ1n) is 11.5. The minimum atomic E-state index is -1.58. The van der Waals surface area contributed by atoms with Gasteiger partial charge in [0.1, 0.15) is 11.4 Å². The number of carbonyl (C=O) groups is 3. The molecular formula is C24H36O6. The number of hydrogen-bond donors (Lipinski definition) is 2. The van der Waals surface area contributed by atoms with Gasteiger partial charge in [0, 0.05) is 24.7 Å². The van der Waals surface area contributed by atoms with E-state index in [1.807, 2.05) is 13.8 Å². The van der Waals surface area contributed by atoms with Crippen LogP contribution in [-0.4, -0.2) is 46.1 Å². The van der Waals surface area contributed by atoms with Gasteiger partial charge in [-0.15, -0.1) is 0 Å². The van der Waals surface area contributed by atoms with Crippen molar-refractivity contribution in [2.24, 2.45) is 40.4 Å². The SMILES string of the molecule is CC(=O)OCC(=O)C1(O)CCC2C3CCC4CC(=O)C(C)CC4(C)C3C(O)CC21C. The number of rotatable bonds is 3. The Hall–Kier alpha value is -1.27. The van der Waals surface area contributed by atoms with E-state index in [1.165, 1.54) is 6.92 Å². The van der Waals surface area contributed by atoms with Crippen LogP contribution in [0.2, 0.25) is 0 Å².